The molecule has 1 atom stereocenters. The van der Waals surface area contributed by atoms with Crippen LogP contribution in [0.15, 0.2) is 0 Å². The fourth-order valence-corrected chi connectivity index (χ4v) is 3.32. The van der Waals surface area contributed by atoms with Crippen LogP contribution < -0.4 is 10.6 Å². The van der Waals surface area contributed by atoms with E-state index in [4.69, 9.17) is 9.84 Å². The van der Waals surface area contributed by atoms with E-state index in [1.807, 2.05) is 0 Å². The molecule has 0 spiro atoms. The molecule has 1 saturated heterocycles. The normalized spacial score (nSPS) is 25.0. The van der Waals surface area contributed by atoms with Crippen molar-refractivity contribution < 1.29 is 19.4 Å². The molecule has 2 fully saturated rings. The van der Waals surface area contributed by atoms with Crippen molar-refractivity contribution in [3.05, 3.63) is 0 Å². The van der Waals surface area contributed by atoms with E-state index in [1.165, 1.54) is 0 Å². The molecule has 0 aromatic rings. The molecular weight excluding hydrogens is 272 g/mol. The summed E-state index contributed by atoms with van der Waals surface area (Å²) < 4.78 is 5.57. The summed E-state index contributed by atoms with van der Waals surface area (Å²) >= 11 is 0. The topological polar surface area (TPSA) is 87.7 Å². The van der Waals surface area contributed by atoms with Gasteiger partial charge in [0.05, 0.1) is 18.1 Å². The highest BCUT2D eigenvalue weighted by atomic mass is 16.5. The van der Waals surface area contributed by atoms with Crippen LogP contribution in [0.2, 0.25) is 0 Å². The number of carbonyl (C=O) groups is 2. The van der Waals surface area contributed by atoms with Crippen LogP contribution in [0.1, 0.15) is 57.8 Å². The average molecular weight is 298 g/mol. The minimum absolute atomic E-state index is 0.000346. The Bertz CT molecular complexity index is 361. The number of carbonyl (C=O) groups excluding carboxylic acids is 1. The van der Waals surface area contributed by atoms with Gasteiger partial charge in [0, 0.05) is 13.2 Å². The molecule has 2 amide bonds. The van der Waals surface area contributed by atoms with Gasteiger partial charge in [-0.1, -0.05) is 19.3 Å². The molecule has 2 aliphatic rings. The predicted molar refractivity (Wildman–Crippen MR) is 78.2 cm³/mol. The Labute approximate surface area is 125 Å². The van der Waals surface area contributed by atoms with Gasteiger partial charge in [-0.25, -0.2) is 4.79 Å². The standard InChI is InChI=1S/C15H26N2O4/c18-13(19)10-15(7-3-1-4-8-15)17-14(20)16-11-12-6-2-5-9-21-12/h12H,1-11H2,(H,18,19)(H2,16,17,20). The SMILES string of the molecule is O=C(O)CC1(NC(=O)NCC2CCCCO2)CCCCC1. The zero-order valence-electron chi connectivity index (χ0n) is 12.5. The van der Waals surface area contributed by atoms with E-state index in [9.17, 15) is 9.59 Å². The van der Waals surface area contributed by atoms with Gasteiger partial charge in [0.1, 0.15) is 0 Å². The van der Waals surface area contributed by atoms with Crippen molar-refractivity contribution in [3.63, 3.8) is 0 Å². The molecule has 0 bridgehead atoms. The Balaban J connectivity index is 1.81. The van der Waals surface area contributed by atoms with Gasteiger partial charge in [0.25, 0.3) is 0 Å². The van der Waals surface area contributed by atoms with Crippen LogP contribution in [0.4, 0.5) is 4.79 Å². The number of rotatable bonds is 5. The molecule has 1 saturated carbocycles. The summed E-state index contributed by atoms with van der Waals surface area (Å²) in [6, 6.07) is -0.271. The van der Waals surface area contributed by atoms with E-state index in [0.717, 1.165) is 58.0 Å². The molecule has 120 valence electrons. The van der Waals surface area contributed by atoms with Crippen molar-refractivity contribution in [2.75, 3.05) is 13.2 Å². The van der Waals surface area contributed by atoms with Crippen molar-refractivity contribution in [1.29, 1.82) is 0 Å². The van der Waals surface area contributed by atoms with Crippen molar-refractivity contribution in [2.24, 2.45) is 0 Å². The summed E-state index contributed by atoms with van der Waals surface area (Å²) in [7, 11) is 0. The van der Waals surface area contributed by atoms with Gasteiger partial charge in [-0.05, 0) is 32.1 Å². The fourth-order valence-electron chi connectivity index (χ4n) is 3.32. The largest absolute Gasteiger partial charge is 0.481 e. The Morgan fingerprint density at radius 2 is 1.90 bits per heavy atom. The van der Waals surface area contributed by atoms with Crippen molar-refractivity contribution in [1.82, 2.24) is 10.6 Å². The first-order valence-corrected chi connectivity index (χ1v) is 7.99. The third-order valence-corrected chi connectivity index (χ3v) is 4.44. The molecule has 1 unspecified atom stereocenters. The van der Waals surface area contributed by atoms with E-state index in [0.29, 0.717) is 6.54 Å². The first kappa shape index (κ1) is 16.1. The van der Waals surface area contributed by atoms with Crippen molar-refractivity contribution in [3.8, 4) is 0 Å². The molecule has 1 heterocycles. The van der Waals surface area contributed by atoms with Crippen LogP contribution in [-0.4, -0.2) is 41.9 Å². The first-order chi connectivity index (χ1) is 10.1. The number of carboxylic acids is 1. The summed E-state index contributed by atoms with van der Waals surface area (Å²) in [6.07, 6.45) is 7.83. The lowest BCUT2D eigenvalue weighted by atomic mass is 9.79. The average Bonchev–Trinajstić information content (AvgIpc) is 2.46. The highest BCUT2D eigenvalue weighted by molar-refractivity contribution is 5.76. The molecule has 2 rings (SSSR count). The van der Waals surface area contributed by atoms with Crippen LogP contribution in [-0.2, 0) is 9.53 Å². The second-order valence-corrected chi connectivity index (χ2v) is 6.24. The van der Waals surface area contributed by atoms with Gasteiger partial charge in [0.2, 0.25) is 0 Å². The molecule has 0 aromatic heterocycles. The van der Waals surface area contributed by atoms with Crippen LogP contribution >= 0.6 is 0 Å². The maximum Gasteiger partial charge on any atom is 0.315 e. The van der Waals surface area contributed by atoms with Gasteiger partial charge >= 0.3 is 12.0 Å². The monoisotopic (exact) mass is 298 g/mol. The zero-order valence-corrected chi connectivity index (χ0v) is 12.5. The summed E-state index contributed by atoms with van der Waals surface area (Å²) in [5.74, 6) is -0.854. The zero-order chi connectivity index (χ0) is 15.1. The number of urea groups is 1. The number of carboxylic acid groups (broad SMARTS) is 1. The van der Waals surface area contributed by atoms with Crippen molar-refractivity contribution >= 4 is 12.0 Å². The Hall–Kier alpha value is -1.30. The number of hydrogen-bond acceptors (Lipinski definition) is 3. The minimum atomic E-state index is -0.854. The molecule has 0 aromatic carbocycles. The lowest BCUT2D eigenvalue weighted by molar-refractivity contribution is -0.139. The molecule has 1 aliphatic carbocycles. The van der Waals surface area contributed by atoms with Crippen LogP contribution in [0.3, 0.4) is 0 Å². The Kier molecular flexibility index (Phi) is 5.85. The molecule has 6 nitrogen and oxygen atoms in total. The Morgan fingerprint density at radius 3 is 2.52 bits per heavy atom. The summed E-state index contributed by atoms with van der Waals surface area (Å²) in [5.41, 5.74) is -0.582. The van der Waals surface area contributed by atoms with Gasteiger partial charge < -0.3 is 20.5 Å². The number of amides is 2. The second kappa shape index (κ2) is 7.64. The lowest BCUT2D eigenvalue weighted by Gasteiger charge is -2.37. The van der Waals surface area contributed by atoms with E-state index >= 15 is 0 Å². The highest BCUT2D eigenvalue weighted by Gasteiger charge is 2.35. The summed E-state index contributed by atoms with van der Waals surface area (Å²) in [4.78, 5) is 23.1. The van der Waals surface area contributed by atoms with Crippen LogP contribution in [0.5, 0.6) is 0 Å². The Morgan fingerprint density at radius 1 is 1.14 bits per heavy atom. The van der Waals surface area contributed by atoms with Gasteiger partial charge in [0.15, 0.2) is 0 Å². The maximum atomic E-state index is 12.1. The fraction of sp³-hybridized carbons (Fsp3) is 0.867. The highest BCUT2D eigenvalue weighted by Crippen LogP contribution is 2.31. The van der Waals surface area contributed by atoms with Gasteiger partial charge in [-0.15, -0.1) is 0 Å². The lowest BCUT2D eigenvalue weighted by Crippen LogP contribution is -2.55. The van der Waals surface area contributed by atoms with Crippen LogP contribution in [0.25, 0.3) is 0 Å². The number of ether oxygens (including phenoxy) is 1. The predicted octanol–water partition coefficient (Wildman–Crippen LogP) is 2.03. The molecule has 1 aliphatic heterocycles. The molecule has 21 heavy (non-hydrogen) atoms. The maximum absolute atomic E-state index is 12.1. The smallest absolute Gasteiger partial charge is 0.315 e. The van der Waals surface area contributed by atoms with Gasteiger partial charge in [-0.3, -0.25) is 4.79 Å². The third-order valence-electron chi connectivity index (χ3n) is 4.44. The summed E-state index contributed by atoms with van der Waals surface area (Å²) in [5, 5.41) is 14.8. The first-order valence-electron chi connectivity index (χ1n) is 7.99. The number of aliphatic carboxylic acids is 1. The molecular formula is C15H26N2O4. The number of hydrogen-bond donors (Lipinski definition) is 3. The van der Waals surface area contributed by atoms with E-state index in [1.54, 1.807) is 0 Å². The second-order valence-electron chi connectivity index (χ2n) is 6.24. The van der Waals surface area contributed by atoms with Crippen LogP contribution in [0, 0.1) is 0 Å². The van der Waals surface area contributed by atoms with E-state index in [-0.39, 0.29) is 18.6 Å². The van der Waals surface area contributed by atoms with Crippen molar-refractivity contribution in [2.45, 2.75) is 69.4 Å². The van der Waals surface area contributed by atoms with E-state index in [2.05, 4.69) is 10.6 Å². The van der Waals surface area contributed by atoms with Gasteiger partial charge in [-0.2, -0.15) is 0 Å². The number of nitrogens with one attached hydrogen (secondary N) is 2. The molecule has 3 N–H and O–H groups in total. The van der Waals surface area contributed by atoms with E-state index < -0.39 is 11.5 Å². The molecule has 6 heteroatoms. The minimum Gasteiger partial charge on any atom is -0.481 e. The quantitative estimate of drug-likeness (QED) is 0.724. The summed E-state index contributed by atoms with van der Waals surface area (Å²) in [6.45, 7) is 1.26. The third kappa shape index (κ3) is 5.19. The molecule has 0 radical (unpaired) electrons.